The summed E-state index contributed by atoms with van der Waals surface area (Å²) in [6.45, 7) is 2.16. The molecular formula is C15H17N. The SMILES string of the molecule is Cc1cccc2ccc(C3(N)CCC3)cc12. The van der Waals surface area contributed by atoms with E-state index >= 15 is 0 Å². The lowest BCUT2D eigenvalue weighted by Crippen LogP contribution is -2.43. The van der Waals surface area contributed by atoms with Crippen LogP contribution in [-0.4, -0.2) is 0 Å². The molecule has 1 saturated carbocycles. The van der Waals surface area contributed by atoms with Crippen LogP contribution in [0.15, 0.2) is 36.4 Å². The van der Waals surface area contributed by atoms with Crippen LogP contribution in [0.4, 0.5) is 0 Å². The zero-order valence-electron chi connectivity index (χ0n) is 9.66. The van der Waals surface area contributed by atoms with E-state index in [9.17, 15) is 0 Å². The molecule has 0 radical (unpaired) electrons. The van der Waals surface area contributed by atoms with Crippen LogP contribution in [0.3, 0.4) is 0 Å². The van der Waals surface area contributed by atoms with Gasteiger partial charge in [-0.05, 0) is 54.2 Å². The van der Waals surface area contributed by atoms with Gasteiger partial charge in [-0.1, -0.05) is 30.3 Å². The monoisotopic (exact) mass is 211 g/mol. The Labute approximate surface area is 96.3 Å². The van der Waals surface area contributed by atoms with Gasteiger partial charge in [-0.3, -0.25) is 0 Å². The van der Waals surface area contributed by atoms with Crippen LogP contribution in [0.25, 0.3) is 10.8 Å². The molecule has 1 heteroatoms. The Balaban J connectivity index is 2.18. The second-order valence-corrected chi connectivity index (χ2v) is 5.02. The number of benzene rings is 2. The minimum Gasteiger partial charge on any atom is -0.321 e. The van der Waals surface area contributed by atoms with Crippen molar-refractivity contribution in [3.8, 4) is 0 Å². The lowest BCUT2D eigenvalue weighted by Gasteiger charge is -2.38. The second kappa shape index (κ2) is 3.33. The Hall–Kier alpha value is -1.34. The van der Waals surface area contributed by atoms with E-state index < -0.39 is 0 Å². The smallest absolute Gasteiger partial charge is 0.0409 e. The van der Waals surface area contributed by atoms with Gasteiger partial charge in [0.15, 0.2) is 0 Å². The number of rotatable bonds is 1. The van der Waals surface area contributed by atoms with Gasteiger partial charge in [0.2, 0.25) is 0 Å². The molecule has 0 bridgehead atoms. The van der Waals surface area contributed by atoms with E-state index in [0.717, 1.165) is 12.8 Å². The van der Waals surface area contributed by atoms with E-state index in [1.54, 1.807) is 0 Å². The molecule has 0 saturated heterocycles. The van der Waals surface area contributed by atoms with Crippen molar-refractivity contribution >= 4 is 10.8 Å². The Morgan fingerprint density at radius 3 is 2.62 bits per heavy atom. The van der Waals surface area contributed by atoms with Gasteiger partial charge in [-0.25, -0.2) is 0 Å². The molecule has 0 spiro atoms. The van der Waals surface area contributed by atoms with E-state index in [2.05, 4.69) is 43.3 Å². The first-order chi connectivity index (χ1) is 7.69. The zero-order chi connectivity index (χ0) is 11.2. The molecule has 1 aliphatic carbocycles. The van der Waals surface area contributed by atoms with Gasteiger partial charge in [-0.2, -0.15) is 0 Å². The molecule has 16 heavy (non-hydrogen) atoms. The molecule has 2 N–H and O–H groups in total. The topological polar surface area (TPSA) is 26.0 Å². The number of nitrogens with two attached hydrogens (primary N) is 1. The molecule has 0 atom stereocenters. The highest BCUT2D eigenvalue weighted by molar-refractivity contribution is 5.86. The van der Waals surface area contributed by atoms with Crippen LogP contribution < -0.4 is 5.73 Å². The summed E-state index contributed by atoms with van der Waals surface area (Å²) in [7, 11) is 0. The summed E-state index contributed by atoms with van der Waals surface area (Å²) in [4.78, 5) is 0. The fourth-order valence-corrected chi connectivity index (χ4v) is 2.59. The minimum atomic E-state index is -0.0452. The molecule has 0 aliphatic heterocycles. The summed E-state index contributed by atoms with van der Waals surface area (Å²) in [5.74, 6) is 0. The summed E-state index contributed by atoms with van der Waals surface area (Å²) < 4.78 is 0. The third kappa shape index (κ3) is 1.35. The summed E-state index contributed by atoms with van der Waals surface area (Å²) in [5, 5.41) is 2.66. The van der Waals surface area contributed by atoms with E-state index in [0.29, 0.717) is 0 Å². The number of fused-ring (bicyclic) bond motifs is 1. The maximum atomic E-state index is 6.37. The third-order valence-corrected chi connectivity index (χ3v) is 3.92. The first-order valence-electron chi connectivity index (χ1n) is 5.98. The minimum absolute atomic E-state index is 0.0452. The Morgan fingerprint density at radius 2 is 1.94 bits per heavy atom. The Morgan fingerprint density at radius 1 is 1.12 bits per heavy atom. The van der Waals surface area contributed by atoms with Crippen LogP contribution >= 0.6 is 0 Å². The van der Waals surface area contributed by atoms with Crippen LogP contribution in [0.1, 0.15) is 30.4 Å². The highest BCUT2D eigenvalue weighted by atomic mass is 14.8. The molecular weight excluding hydrogens is 194 g/mol. The Kier molecular flexibility index (Phi) is 2.05. The van der Waals surface area contributed by atoms with Gasteiger partial charge < -0.3 is 5.73 Å². The number of aryl methyl sites for hydroxylation is 1. The van der Waals surface area contributed by atoms with Crippen molar-refractivity contribution in [1.29, 1.82) is 0 Å². The lowest BCUT2D eigenvalue weighted by atomic mass is 9.72. The number of hydrogen-bond acceptors (Lipinski definition) is 1. The fourth-order valence-electron chi connectivity index (χ4n) is 2.59. The van der Waals surface area contributed by atoms with Gasteiger partial charge in [-0.15, -0.1) is 0 Å². The maximum Gasteiger partial charge on any atom is 0.0409 e. The molecule has 0 aromatic heterocycles. The molecule has 3 rings (SSSR count). The molecule has 0 heterocycles. The van der Waals surface area contributed by atoms with Crippen LogP contribution in [0.5, 0.6) is 0 Å². The number of hydrogen-bond donors (Lipinski definition) is 1. The van der Waals surface area contributed by atoms with Gasteiger partial charge in [0.25, 0.3) is 0 Å². The van der Waals surface area contributed by atoms with Crippen molar-refractivity contribution in [3.05, 3.63) is 47.5 Å². The van der Waals surface area contributed by atoms with Crippen molar-refractivity contribution < 1.29 is 0 Å². The van der Waals surface area contributed by atoms with Gasteiger partial charge in [0, 0.05) is 5.54 Å². The first-order valence-corrected chi connectivity index (χ1v) is 5.98. The second-order valence-electron chi connectivity index (χ2n) is 5.02. The van der Waals surface area contributed by atoms with E-state index in [4.69, 9.17) is 5.73 Å². The predicted octanol–water partition coefficient (Wildman–Crippen LogP) is 3.49. The van der Waals surface area contributed by atoms with Gasteiger partial charge in [0.05, 0.1) is 0 Å². The molecule has 2 aromatic rings. The molecule has 0 unspecified atom stereocenters. The van der Waals surface area contributed by atoms with Crippen LogP contribution in [0, 0.1) is 6.92 Å². The van der Waals surface area contributed by atoms with Crippen molar-refractivity contribution in [2.24, 2.45) is 5.73 Å². The van der Waals surface area contributed by atoms with Gasteiger partial charge in [0.1, 0.15) is 0 Å². The fraction of sp³-hybridized carbons (Fsp3) is 0.333. The summed E-state index contributed by atoms with van der Waals surface area (Å²) in [5.41, 5.74) is 8.96. The van der Waals surface area contributed by atoms with E-state index in [1.165, 1.54) is 28.3 Å². The van der Waals surface area contributed by atoms with E-state index in [-0.39, 0.29) is 5.54 Å². The quantitative estimate of drug-likeness (QED) is 0.767. The first kappa shape index (κ1) is 9.86. The van der Waals surface area contributed by atoms with Crippen molar-refractivity contribution in [1.82, 2.24) is 0 Å². The van der Waals surface area contributed by atoms with Gasteiger partial charge >= 0.3 is 0 Å². The largest absolute Gasteiger partial charge is 0.321 e. The molecule has 0 amide bonds. The standard InChI is InChI=1S/C15H17N/c1-11-4-2-5-12-6-7-13(10-14(11)12)15(16)8-3-9-15/h2,4-7,10H,3,8-9,16H2,1H3. The lowest BCUT2D eigenvalue weighted by molar-refractivity contribution is 0.254. The zero-order valence-corrected chi connectivity index (χ0v) is 9.66. The van der Waals surface area contributed by atoms with E-state index in [1.807, 2.05) is 0 Å². The average Bonchev–Trinajstić information content (AvgIpc) is 2.26. The highest BCUT2D eigenvalue weighted by Crippen LogP contribution is 2.39. The predicted molar refractivity (Wildman–Crippen MR) is 68.4 cm³/mol. The third-order valence-electron chi connectivity index (χ3n) is 3.92. The Bertz CT molecular complexity index is 538. The van der Waals surface area contributed by atoms with Crippen molar-refractivity contribution in [2.75, 3.05) is 0 Å². The normalized spacial score (nSPS) is 18.4. The summed E-state index contributed by atoms with van der Waals surface area (Å²) in [6.07, 6.45) is 3.52. The molecule has 1 nitrogen and oxygen atoms in total. The maximum absolute atomic E-state index is 6.37. The summed E-state index contributed by atoms with van der Waals surface area (Å²) >= 11 is 0. The molecule has 2 aromatic carbocycles. The summed E-state index contributed by atoms with van der Waals surface area (Å²) in [6, 6.07) is 13.1. The van der Waals surface area contributed by atoms with Crippen molar-refractivity contribution in [3.63, 3.8) is 0 Å². The molecule has 1 fully saturated rings. The van der Waals surface area contributed by atoms with Crippen LogP contribution in [-0.2, 0) is 5.54 Å². The van der Waals surface area contributed by atoms with Crippen LogP contribution in [0.2, 0.25) is 0 Å². The molecule has 82 valence electrons. The average molecular weight is 211 g/mol. The highest BCUT2D eigenvalue weighted by Gasteiger charge is 2.34. The van der Waals surface area contributed by atoms with Crippen molar-refractivity contribution in [2.45, 2.75) is 31.7 Å². The molecule has 1 aliphatic rings.